The Morgan fingerprint density at radius 1 is 1.40 bits per heavy atom. The van der Waals surface area contributed by atoms with E-state index in [1.54, 1.807) is 4.52 Å². The largest absolute Gasteiger partial charge is 0.481 e. The highest BCUT2D eigenvalue weighted by Crippen LogP contribution is 2.44. The average Bonchev–Trinajstić information content (AvgIpc) is 3.04. The maximum absolute atomic E-state index is 11.1. The first-order chi connectivity index (χ1) is 9.62. The molecule has 6 nitrogen and oxygen atoms in total. The Morgan fingerprint density at radius 3 is 2.80 bits per heavy atom. The summed E-state index contributed by atoms with van der Waals surface area (Å²) < 4.78 is 1.80. The molecule has 108 valence electrons. The molecule has 0 unspecified atom stereocenters. The highest BCUT2D eigenvalue weighted by Gasteiger charge is 2.37. The van der Waals surface area contributed by atoms with E-state index in [0.29, 0.717) is 0 Å². The van der Waals surface area contributed by atoms with Crippen LogP contribution in [-0.2, 0) is 17.6 Å². The van der Waals surface area contributed by atoms with E-state index in [0.717, 1.165) is 54.3 Å². The smallest absolute Gasteiger partial charge is 0.303 e. The molecule has 1 N–H and O–H groups in total. The van der Waals surface area contributed by atoms with Crippen molar-refractivity contribution in [3.63, 3.8) is 0 Å². The van der Waals surface area contributed by atoms with Crippen LogP contribution < -0.4 is 0 Å². The highest BCUT2D eigenvalue weighted by molar-refractivity contribution is 7.16. The fourth-order valence-electron chi connectivity index (χ4n) is 3.17. The fourth-order valence-corrected chi connectivity index (χ4v) is 4.20. The van der Waals surface area contributed by atoms with Crippen LogP contribution in [0.1, 0.15) is 49.9 Å². The average molecular weight is 294 g/mol. The number of aliphatic carboxylic acids is 1. The molecule has 1 fully saturated rings. The molecule has 0 bridgehead atoms. The van der Waals surface area contributed by atoms with Gasteiger partial charge in [0.2, 0.25) is 4.96 Å². The number of hydrogen-bond donors (Lipinski definition) is 1. The van der Waals surface area contributed by atoms with Gasteiger partial charge in [-0.15, -0.1) is 10.2 Å². The Balaban J connectivity index is 1.86. The second-order valence-corrected chi connectivity index (χ2v) is 6.65. The van der Waals surface area contributed by atoms with Crippen molar-refractivity contribution in [3.8, 4) is 0 Å². The molecule has 0 amide bonds. The number of carbonyl (C=O) groups is 1. The topological polar surface area (TPSA) is 80.4 Å². The molecule has 20 heavy (non-hydrogen) atoms. The molecule has 2 aromatic heterocycles. The minimum Gasteiger partial charge on any atom is -0.481 e. The van der Waals surface area contributed by atoms with E-state index in [9.17, 15) is 4.79 Å². The lowest BCUT2D eigenvalue weighted by atomic mass is 9.80. The van der Waals surface area contributed by atoms with Crippen LogP contribution in [0.3, 0.4) is 0 Å². The van der Waals surface area contributed by atoms with Crippen molar-refractivity contribution in [1.82, 2.24) is 19.8 Å². The van der Waals surface area contributed by atoms with E-state index in [2.05, 4.69) is 15.3 Å². The molecule has 1 aliphatic carbocycles. The monoisotopic (exact) mass is 294 g/mol. The molecule has 0 radical (unpaired) electrons. The van der Waals surface area contributed by atoms with Crippen LogP contribution in [0.25, 0.3) is 4.96 Å². The normalized spacial score (nSPS) is 17.9. The van der Waals surface area contributed by atoms with E-state index in [4.69, 9.17) is 5.11 Å². The zero-order valence-electron chi connectivity index (χ0n) is 11.5. The Labute approximate surface area is 120 Å². The van der Waals surface area contributed by atoms with Gasteiger partial charge < -0.3 is 5.11 Å². The molecule has 0 aliphatic heterocycles. The third-order valence-corrected chi connectivity index (χ3v) is 5.03. The van der Waals surface area contributed by atoms with E-state index >= 15 is 0 Å². The minimum absolute atomic E-state index is 0.110. The lowest BCUT2D eigenvalue weighted by Gasteiger charge is -2.25. The van der Waals surface area contributed by atoms with Gasteiger partial charge in [-0.25, -0.2) is 0 Å². The molecule has 1 saturated carbocycles. The maximum atomic E-state index is 11.1. The summed E-state index contributed by atoms with van der Waals surface area (Å²) in [6.07, 6.45) is 6.00. The van der Waals surface area contributed by atoms with Crippen LogP contribution >= 0.6 is 11.3 Å². The van der Waals surface area contributed by atoms with Crippen LogP contribution in [0.5, 0.6) is 0 Å². The van der Waals surface area contributed by atoms with Gasteiger partial charge in [0.25, 0.3) is 0 Å². The molecule has 0 atom stereocenters. The van der Waals surface area contributed by atoms with Gasteiger partial charge in [-0.2, -0.15) is 9.61 Å². The predicted molar refractivity (Wildman–Crippen MR) is 74.9 cm³/mol. The van der Waals surface area contributed by atoms with Gasteiger partial charge in [-0.05, 0) is 18.3 Å². The number of aromatic nitrogens is 4. The number of nitrogens with zero attached hydrogens (tertiary/aromatic N) is 4. The summed E-state index contributed by atoms with van der Waals surface area (Å²) in [5, 5.41) is 22.9. The second-order valence-electron chi connectivity index (χ2n) is 5.61. The zero-order chi connectivity index (χ0) is 14.2. The minimum atomic E-state index is -0.704. The summed E-state index contributed by atoms with van der Waals surface area (Å²) in [5.41, 5.74) is -0.110. The van der Waals surface area contributed by atoms with Crippen molar-refractivity contribution in [1.29, 1.82) is 0 Å². The van der Waals surface area contributed by atoms with E-state index in [-0.39, 0.29) is 11.8 Å². The first kappa shape index (κ1) is 13.5. The van der Waals surface area contributed by atoms with Crippen LogP contribution in [0.4, 0.5) is 0 Å². The Kier molecular flexibility index (Phi) is 3.45. The second kappa shape index (κ2) is 5.12. The van der Waals surface area contributed by atoms with Crippen molar-refractivity contribution in [2.45, 2.75) is 51.9 Å². The van der Waals surface area contributed by atoms with Crippen molar-refractivity contribution >= 4 is 22.3 Å². The van der Waals surface area contributed by atoms with Crippen molar-refractivity contribution < 1.29 is 9.90 Å². The first-order valence-corrected chi connectivity index (χ1v) is 7.85. The van der Waals surface area contributed by atoms with Crippen LogP contribution in [0.2, 0.25) is 0 Å². The van der Waals surface area contributed by atoms with E-state index < -0.39 is 5.97 Å². The lowest BCUT2D eigenvalue weighted by molar-refractivity contribution is -0.139. The van der Waals surface area contributed by atoms with Crippen molar-refractivity contribution in [2.75, 3.05) is 0 Å². The van der Waals surface area contributed by atoms with Gasteiger partial charge in [0, 0.05) is 12.8 Å². The number of rotatable bonds is 5. The summed E-state index contributed by atoms with van der Waals surface area (Å²) in [5.74, 6) is 0.158. The van der Waals surface area contributed by atoms with Crippen LogP contribution in [0, 0.1) is 5.41 Å². The maximum Gasteiger partial charge on any atom is 0.303 e. The van der Waals surface area contributed by atoms with Crippen LogP contribution in [-0.4, -0.2) is 30.9 Å². The van der Waals surface area contributed by atoms with Gasteiger partial charge in [0.05, 0.1) is 6.42 Å². The summed E-state index contributed by atoms with van der Waals surface area (Å²) in [4.78, 5) is 11.9. The van der Waals surface area contributed by atoms with Crippen molar-refractivity contribution in [2.24, 2.45) is 5.41 Å². The summed E-state index contributed by atoms with van der Waals surface area (Å²) in [7, 11) is 0. The Hall–Kier alpha value is -1.50. The summed E-state index contributed by atoms with van der Waals surface area (Å²) in [6, 6.07) is 0. The highest BCUT2D eigenvalue weighted by atomic mass is 32.1. The van der Waals surface area contributed by atoms with Gasteiger partial charge in [-0.1, -0.05) is 31.1 Å². The number of carboxylic acids is 1. The van der Waals surface area contributed by atoms with E-state index in [1.165, 1.54) is 11.3 Å². The molecular weight excluding hydrogens is 276 g/mol. The number of aryl methyl sites for hydroxylation is 1. The predicted octanol–water partition coefficient (Wildman–Crippen LogP) is 2.33. The van der Waals surface area contributed by atoms with E-state index in [1.807, 2.05) is 6.92 Å². The molecule has 2 heterocycles. The molecule has 3 rings (SSSR count). The summed E-state index contributed by atoms with van der Waals surface area (Å²) in [6.45, 7) is 2.03. The van der Waals surface area contributed by atoms with Gasteiger partial charge in [0.15, 0.2) is 5.82 Å². The lowest BCUT2D eigenvalue weighted by Crippen LogP contribution is -2.23. The van der Waals surface area contributed by atoms with Gasteiger partial charge in [0.1, 0.15) is 5.01 Å². The number of carboxylic acid groups (broad SMARTS) is 1. The molecule has 7 heteroatoms. The molecule has 1 aliphatic rings. The Morgan fingerprint density at radius 2 is 2.15 bits per heavy atom. The standard InChI is InChI=1S/C13H18N4O2S/c1-2-9-14-15-12-17(9)16-10(20-12)7-13(8-11(18)19)5-3-4-6-13/h2-8H2,1H3,(H,18,19). The summed E-state index contributed by atoms with van der Waals surface area (Å²) >= 11 is 1.53. The fraction of sp³-hybridized carbons (Fsp3) is 0.692. The van der Waals surface area contributed by atoms with Gasteiger partial charge >= 0.3 is 5.97 Å². The number of hydrogen-bond acceptors (Lipinski definition) is 5. The van der Waals surface area contributed by atoms with Crippen molar-refractivity contribution in [3.05, 3.63) is 10.8 Å². The van der Waals surface area contributed by atoms with Crippen LogP contribution in [0.15, 0.2) is 0 Å². The van der Waals surface area contributed by atoms with Gasteiger partial charge in [-0.3, -0.25) is 4.79 Å². The molecule has 0 saturated heterocycles. The Bertz CT molecular complexity index is 627. The third kappa shape index (κ3) is 2.42. The molecular formula is C13H18N4O2S. The SMILES string of the molecule is CCc1nnc2sc(CC3(CC(=O)O)CCCC3)nn12. The first-order valence-electron chi connectivity index (χ1n) is 7.04. The molecule has 0 spiro atoms. The quantitative estimate of drug-likeness (QED) is 0.915. The molecule has 2 aromatic rings. The number of fused-ring (bicyclic) bond motifs is 1. The third-order valence-electron chi connectivity index (χ3n) is 4.13. The zero-order valence-corrected chi connectivity index (χ0v) is 12.3. The molecule has 0 aromatic carbocycles.